The van der Waals surface area contributed by atoms with Gasteiger partial charge in [0.1, 0.15) is 0 Å². The van der Waals surface area contributed by atoms with E-state index in [0.29, 0.717) is 6.42 Å². The van der Waals surface area contributed by atoms with Crippen molar-refractivity contribution in [1.29, 1.82) is 0 Å². The molecule has 5 nitrogen and oxygen atoms in total. The summed E-state index contributed by atoms with van der Waals surface area (Å²) in [4.78, 5) is 19.1. The van der Waals surface area contributed by atoms with Crippen LogP contribution < -0.4 is 0 Å². The molecule has 3 heterocycles. The molecule has 24 heavy (non-hydrogen) atoms. The predicted octanol–water partition coefficient (Wildman–Crippen LogP) is 3.12. The molecular weight excluding hydrogens is 300 g/mol. The van der Waals surface area contributed by atoms with Gasteiger partial charge in [0.25, 0.3) is 0 Å². The second-order valence-corrected chi connectivity index (χ2v) is 6.66. The molecule has 1 fully saturated rings. The lowest BCUT2D eigenvalue weighted by molar-refractivity contribution is -0.135. The molecule has 1 atom stereocenters. The van der Waals surface area contributed by atoms with Crippen molar-refractivity contribution in [2.75, 3.05) is 6.54 Å². The van der Waals surface area contributed by atoms with Crippen molar-refractivity contribution in [3.63, 3.8) is 0 Å². The minimum atomic E-state index is 0.177. The van der Waals surface area contributed by atoms with Gasteiger partial charge >= 0.3 is 0 Å². The summed E-state index contributed by atoms with van der Waals surface area (Å²) < 4.78 is 1.90. The number of amides is 1. The van der Waals surface area contributed by atoms with E-state index in [2.05, 4.69) is 28.0 Å². The number of hydrogen-bond acceptors (Lipinski definition) is 3. The number of rotatable bonds is 4. The van der Waals surface area contributed by atoms with Gasteiger partial charge in [-0.1, -0.05) is 6.07 Å². The van der Waals surface area contributed by atoms with Gasteiger partial charge in [-0.25, -0.2) is 0 Å². The van der Waals surface area contributed by atoms with Crippen LogP contribution in [0.1, 0.15) is 54.2 Å². The Morgan fingerprint density at radius 2 is 2.17 bits per heavy atom. The third-order valence-electron chi connectivity index (χ3n) is 5.14. The minimum absolute atomic E-state index is 0.177. The summed E-state index contributed by atoms with van der Waals surface area (Å²) >= 11 is 0. The van der Waals surface area contributed by atoms with Crippen molar-refractivity contribution in [1.82, 2.24) is 19.7 Å². The summed E-state index contributed by atoms with van der Waals surface area (Å²) in [6, 6.07) is 4.21. The number of hydrogen-bond donors (Lipinski definition) is 0. The van der Waals surface area contributed by atoms with Crippen LogP contribution in [0.2, 0.25) is 0 Å². The molecule has 1 saturated heterocycles. The third kappa shape index (κ3) is 3.35. The number of nitrogens with zero attached hydrogens (tertiary/aromatic N) is 4. The van der Waals surface area contributed by atoms with Crippen molar-refractivity contribution >= 4 is 5.91 Å². The molecule has 3 rings (SSSR count). The molecule has 1 amide bonds. The third-order valence-corrected chi connectivity index (χ3v) is 5.14. The lowest BCUT2D eigenvalue weighted by Crippen LogP contribution is -2.38. The molecule has 2 aromatic rings. The van der Waals surface area contributed by atoms with E-state index in [1.165, 1.54) is 12.0 Å². The number of aryl methyl sites for hydroxylation is 2. The zero-order valence-electron chi connectivity index (χ0n) is 14.8. The van der Waals surface area contributed by atoms with Gasteiger partial charge in [0, 0.05) is 38.1 Å². The van der Waals surface area contributed by atoms with Gasteiger partial charge in [0.15, 0.2) is 0 Å². The molecule has 0 unspecified atom stereocenters. The highest BCUT2D eigenvalue weighted by Crippen LogP contribution is 2.31. The Morgan fingerprint density at radius 1 is 1.33 bits per heavy atom. The van der Waals surface area contributed by atoms with Crippen molar-refractivity contribution in [2.24, 2.45) is 7.05 Å². The number of likely N-dealkylation sites (tertiary alicyclic amines) is 1. The number of piperidine rings is 1. The molecule has 0 bridgehead atoms. The van der Waals surface area contributed by atoms with Crippen LogP contribution in [0.4, 0.5) is 0 Å². The molecule has 128 valence electrons. The van der Waals surface area contributed by atoms with E-state index in [1.807, 2.05) is 30.9 Å². The van der Waals surface area contributed by atoms with Crippen LogP contribution in [0.5, 0.6) is 0 Å². The van der Waals surface area contributed by atoms with Gasteiger partial charge in [-0.2, -0.15) is 5.10 Å². The summed E-state index contributed by atoms with van der Waals surface area (Å²) in [5, 5.41) is 4.45. The fourth-order valence-corrected chi connectivity index (χ4v) is 3.70. The molecule has 2 aromatic heterocycles. The monoisotopic (exact) mass is 326 g/mol. The van der Waals surface area contributed by atoms with Gasteiger partial charge in [0.2, 0.25) is 5.91 Å². The number of carbonyl (C=O) groups is 1. The first kappa shape index (κ1) is 16.7. The van der Waals surface area contributed by atoms with E-state index in [1.54, 1.807) is 6.20 Å². The largest absolute Gasteiger partial charge is 0.336 e. The highest BCUT2D eigenvalue weighted by Gasteiger charge is 2.28. The van der Waals surface area contributed by atoms with E-state index in [0.717, 1.165) is 42.8 Å². The predicted molar refractivity (Wildman–Crippen MR) is 93.5 cm³/mol. The first-order chi connectivity index (χ1) is 11.6. The van der Waals surface area contributed by atoms with E-state index in [4.69, 9.17) is 0 Å². The summed E-state index contributed by atoms with van der Waals surface area (Å²) in [6.45, 7) is 4.94. The maximum atomic E-state index is 12.9. The van der Waals surface area contributed by atoms with E-state index < -0.39 is 0 Å². The summed E-state index contributed by atoms with van der Waals surface area (Å²) in [5.41, 5.74) is 4.55. The van der Waals surface area contributed by atoms with Crippen molar-refractivity contribution in [2.45, 2.75) is 52.0 Å². The molecule has 0 N–H and O–H groups in total. The van der Waals surface area contributed by atoms with Crippen molar-refractivity contribution in [3.8, 4) is 0 Å². The molecule has 0 aliphatic carbocycles. The molecule has 0 spiro atoms. The van der Waals surface area contributed by atoms with Crippen LogP contribution in [0.3, 0.4) is 0 Å². The zero-order chi connectivity index (χ0) is 17.1. The van der Waals surface area contributed by atoms with Crippen molar-refractivity contribution in [3.05, 3.63) is 47.0 Å². The van der Waals surface area contributed by atoms with Gasteiger partial charge in [-0.05, 0) is 56.7 Å². The molecular formula is C19H26N4O. The van der Waals surface area contributed by atoms with Gasteiger partial charge in [0.05, 0.1) is 11.7 Å². The fraction of sp³-hybridized carbons (Fsp3) is 0.526. The molecule has 0 radical (unpaired) electrons. The number of carbonyl (C=O) groups excluding carboxylic acids is 1. The van der Waals surface area contributed by atoms with Crippen LogP contribution in [-0.2, 0) is 18.3 Å². The quantitative estimate of drug-likeness (QED) is 0.867. The van der Waals surface area contributed by atoms with E-state index in [-0.39, 0.29) is 11.9 Å². The second kappa shape index (κ2) is 7.16. The maximum Gasteiger partial charge on any atom is 0.223 e. The molecule has 0 aromatic carbocycles. The Labute approximate surface area is 143 Å². The first-order valence-corrected chi connectivity index (χ1v) is 8.76. The number of pyridine rings is 1. The molecule has 1 aliphatic heterocycles. The lowest BCUT2D eigenvalue weighted by atomic mass is 9.95. The highest BCUT2D eigenvalue weighted by molar-refractivity contribution is 5.77. The normalized spacial score (nSPS) is 18.0. The van der Waals surface area contributed by atoms with Crippen LogP contribution in [0, 0.1) is 13.8 Å². The van der Waals surface area contributed by atoms with Gasteiger partial charge in [-0.15, -0.1) is 0 Å². The summed E-state index contributed by atoms with van der Waals surface area (Å²) in [7, 11) is 1.96. The zero-order valence-corrected chi connectivity index (χ0v) is 14.8. The Kier molecular flexibility index (Phi) is 4.97. The maximum absolute atomic E-state index is 12.9. The Hall–Kier alpha value is -2.17. The molecule has 0 saturated carbocycles. The minimum Gasteiger partial charge on any atom is -0.336 e. The van der Waals surface area contributed by atoms with Crippen LogP contribution >= 0.6 is 0 Å². The SMILES string of the molecule is Cc1nn(C)c(C)c1CCC(=O)N1CCCC[C@H]1c1cccnc1. The summed E-state index contributed by atoms with van der Waals surface area (Å²) in [5.74, 6) is 0.242. The Bertz CT molecular complexity index is 708. The first-order valence-electron chi connectivity index (χ1n) is 8.76. The Morgan fingerprint density at radius 3 is 2.83 bits per heavy atom. The second-order valence-electron chi connectivity index (χ2n) is 6.66. The van der Waals surface area contributed by atoms with Crippen LogP contribution in [0.25, 0.3) is 0 Å². The number of aromatic nitrogens is 3. The standard InChI is InChI=1S/C19H26N4O/c1-14-17(15(2)22(3)21-14)9-10-19(24)23-12-5-4-8-18(23)16-7-6-11-20-13-16/h6-7,11,13,18H,4-5,8-10,12H2,1-3H3/t18-/m0/s1. The summed E-state index contributed by atoms with van der Waals surface area (Å²) in [6.07, 6.45) is 8.28. The highest BCUT2D eigenvalue weighted by atomic mass is 16.2. The molecule has 5 heteroatoms. The van der Waals surface area contributed by atoms with Crippen molar-refractivity contribution < 1.29 is 4.79 Å². The van der Waals surface area contributed by atoms with E-state index >= 15 is 0 Å². The van der Waals surface area contributed by atoms with Crippen LogP contribution in [0.15, 0.2) is 24.5 Å². The fourth-order valence-electron chi connectivity index (χ4n) is 3.70. The average molecular weight is 326 g/mol. The van der Waals surface area contributed by atoms with Gasteiger partial charge < -0.3 is 4.90 Å². The van der Waals surface area contributed by atoms with Gasteiger partial charge in [-0.3, -0.25) is 14.5 Å². The molecule has 1 aliphatic rings. The van der Waals surface area contributed by atoms with E-state index in [9.17, 15) is 4.79 Å². The Balaban J connectivity index is 1.70. The lowest BCUT2D eigenvalue weighted by Gasteiger charge is -2.36. The van der Waals surface area contributed by atoms with Crippen LogP contribution in [-0.4, -0.2) is 32.1 Å². The smallest absolute Gasteiger partial charge is 0.223 e. The average Bonchev–Trinajstić information content (AvgIpc) is 2.85. The topological polar surface area (TPSA) is 51.0 Å².